The Morgan fingerprint density at radius 2 is 2.12 bits per heavy atom. The fraction of sp³-hybridized carbons (Fsp3) is 0.316. The number of para-hydroxylation sites is 1. The van der Waals surface area contributed by atoms with E-state index in [9.17, 15) is 9.59 Å². The van der Waals surface area contributed by atoms with Crippen molar-refractivity contribution in [3.05, 3.63) is 47.0 Å². The molecule has 0 bridgehead atoms. The molecule has 1 fully saturated rings. The molecule has 1 aliphatic heterocycles. The molecule has 0 spiro atoms. The first-order chi connectivity index (χ1) is 12.6. The highest BCUT2D eigenvalue weighted by Gasteiger charge is 2.24. The van der Waals surface area contributed by atoms with Gasteiger partial charge in [-0.15, -0.1) is 11.3 Å². The summed E-state index contributed by atoms with van der Waals surface area (Å²) in [4.78, 5) is 26.3. The molecule has 3 heterocycles. The van der Waals surface area contributed by atoms with Crippen molar-refractivity contribution < 1.29 is 9.59 Å². The van der Waals surface area contributed by atoms with Crippen LogP contribution in [0.4, 0.5) is 0 Å². The van der Waals surface area contributed by atoms with E-state index in [1.807, 2.05) is 48.0 Å². The highest BCUT2D eigenvalue weighted by molar-refractivity contribution is 7.20. The van der Waals surface area contributed by atoms with E-state index < -0.39 is 6.04 Å². The van der Waals surface area contributed by atoms with E-state index in [0.717, 1.165) is 34.4 Å². The SMILES string of the molecule is Cc1nn(-c2ccccc2)c2sc(C(=O)NC3CCCCNC3=O)cc12. The van der Waals surface area contributed by atoms with E-state index in [4.69, 9.17) is 0 Å². The molecular weight excluding hydrogens is 348 g/mol. The number of aryl methyl sites for hydroxylation is 1. The number of fused-ring (bicyclic) bond motifs is 1. The third-order valence-corrected chi connectivity index (χ3v) is 5.72. The largest absolute Gasteiger partial charge is 0.354 e. The zero-order valence-corrected chi connectivity index (χ0v) is 15.3. The van der Waals surface area contributed by atoms with Gasteiger partial charge < -0.3 is 10.6 Å². The number of nitrogens with zero attached hydrogens (tertiary/aromatic N) is 2. The molecule has 6 nitrogen and oxygen atoms in total. The third-order valence-electron chi connectivity index (χ3n) is 4.61. The lowest BCUT2D eigenvalue weighted by Crippen LogP contribution is -2.45. The average Bonchev–Trinajstić information content (AvgIpc) is 3.15. The Kier molecular flexibility index (Phi) is 4.46. The van der Waals surface area contributed by atoms with E-state index in [-0.39, 0.29) is 11.8 Å². The second-order valence-electron chi connectivity index (χ2n) is 6.48. The quantitative estimate of drug-likeness (QED) is 0.746. The van der Waals surface area contributed by atoms with Crippen molar-refractivity contribution in [1.82, 2.24) is 20.4 Å². The van der Waals surface area contributed by atoms with Crippen LogP contribution >= 0.6 is 11.3 Å². The molecule has 0 radical (unpaired) electrons. The molecule has 3 aromatic rings. The van der Waals surface area contributed by atoms with Crippen molar-refractivity contribution in [3.63, 3.8) is 0 Å². The van der Waals surface area contributed by atoms with Crippen molar-refractivity contribution >= 4 is 33.4 Å². The topological polar surface area (TPSA) is 76.0 Å². The molecule has 1 unspecified atom stereocenters. The minimum Gasteiger partial charge on any atom is -0.354 e. The number of hydrogen-bond acceptors (Lipinski definition) is 4. The molecule has 26 heavy (non-hydrogen) atoms. The summed E-state index contributed by atoms with van der Waals surface area (Å²) in [5, 5.41) is 11.3. The molecule has 0 aliphatic carbocycles. The lowest BCUT2D eigenvalue weighted by atomic mass is 10.1. The molecule has 1 atom stereocenters. The second kappa shape index (κ2) is 6.92. The van der Waals surface area contributed by atoms with Gasteiger partial charge in [0.25, 0.3) is 5.91 Å². The van der Waals surface area contributed by atoms with Gasteiger partial charge in [0, 0.05) is 11.9 Å². The summed E-state index contributed by atoms with van der Waals surface area (Å²) in [6.07, 6.45) is 2.56. The van der Waals surface area contributed by atoms with Crippen LogP contribution in [0.5, 0.6) is 0 Å². The number of nitrogens with one attached hydrogen (secondary N) is 2. The summed E-state index contributed by atoms with van der Waals surface area (Å²) in [6.45, 7) is 2.62. The van der Waals surface area contributed by atoms with E-state index >= 15 is 0 Å². The normalized spacial score (nSPS) is 17.7. The minimum absolute atomic E-state index is 0.0939. The van der Waals surface area contributed by atoms with Crippen molar-refractivity contribution in [2.24, 2.45) is 0 Å². The standard InChI is InChI=1S/C19H20N4O2S/c1-12-14-11-16(18(25)21-15-9-5-6-10-20-17(15)24)26-19(14)23(22-12)13-7-3-2-4-8-13/h2-4,7-8,11,15H,5-6,9-10H2,1H3,(H,20,24)(H,21,25). The molecule has 2 amide bonds. The van der Waals surface area contributed by atoms with Crippen LogP contribution in [0.15, 0.2) is 36.4 Å². The lowest BCUT2D eigenvalue weighted by Gasteiger charge is -2.14. The number of amides is 2. The third kappa shape index (κ3) is 3.10. The number of carbonyl (C=O) groups excluding carboxylic acids is 2. The summed E-state index contributed by atoms with van der Waals surface area (Å²) >= 11 is 1.40. The van der Waals surface area contributed by atoms with E-state index in [1.54, 1.807) is 0 Å². The number of thiophene rings is 1. The number of rotatable bonds is 3. The maximum absolute atomic E-state index is 12.7. The highest BCUT2D eigenvalue weighted by atomic mass is 32.1. The van der Waals surface area contributed by atoms with Crippen LogP contribution in [0, 0.1) is 6.92 Å². The number of benzene rings is 1. The molecule has 2 N–H and O–H groups in total. The van der Waals surface area contributed by atoms with Crippen LogP contribution < -0.4 is 10.6 Å². The van der Waals surface area contributed by atoms with E-state index in [0.29, 0.717) is 17.8 Å². The maximum atomic E-state index is 12.7. The Bertz CT molecular complexity index is 961. The van der Waals surface area contributed by atoms with Crippen molar-refractivity contribution in [2.45, 2.75) is 32.2 Å². The Balaban J connectivity index is 1.63. The Morgan fingerprint density at radius 1 is 1.31 bits per heavy atom. The van der Waals surface area contributed by atoms with E-state index in [1.165, 1.54) is 11.3 Å². The van der Waals surface area contributed by atoms with E-state index in [2.05, 4.69) is 15.7 Å². The first kappa shape index (κ1) is 16.8. The molecular formula is C19H20N4O2S. The number of aromatic nitrogens is 2. The monoisotopic (exact) mass is 368 g/mol. The van der Waals surface area contributed by atoms with Crippen molar-refractivity contribution in [1.29, 1.82) is 0 Å². The molecule has 7 heteroatoms. The average molecular weight is 368 g/mol. The van der Waals surface area contributed by atoms with Gasteiger partial charge in [-0.05, 0) is 44.4 Å². The predicted octanol–water partition coefficient (Wildman–Crippen LogP) is 2.79. The van der Waals surface area contributed by atoms with Crippen molar-refractivity contribution in [2.75, 3.05) is 6.54 Å². The van der Waals surface area contributed by atoms with Crippen LogP contribution in [-0.4, -0.2) is 34.2 Å². The highest BCUT2D eigenvalue weighted by Crippen LogP contribution is 2.30. The minimum atomic E-state index is -0.457. The first-order valence-electron chi connectivity index (χ1n) is 8.76. The van der Waals surface area contributed by atoms with Gasteiger partial charge in [-0.2, -0.15) is 5.10 Å². The van der Waals surface area contributed by atoms with Gasteiger partial charge in [0.05, 0.1) is 16.3 Å². The van der Waals surface area contributed by atoms with Gasteiger partial charge in [0.15, 0.2) is 0 Å². The number of carbonyl (C=O) groups is 2. The molecule has 1 aromatic carbocycles. The summed E-state index contributed by atoms with van der Waals surface area (Å²) in [7, 11) is 0. The van der Waals surface area contributed by atoms with Gasteiger partial charge in [-0.25, -0.2) is 4.68 Å². The van der Waals surface area contributed by atoms with Crippen LogP contribution in [0.2, 0.25) is 0 Å². The number of hydrogen-bond donors (Lipinski definition) is 2. The molecule has 1 saturated heterocycles. The van der Waals surface area contributed by atoms with Crippen LogP contribution in [0.3, 0.4) is 0 Å². The summed E-state index contributed by atoms with van der Waals surface area (Å²) in [5.74, 6) is -0.295. The molecule has 2 aromatic heterocycles. The molecule has 4 rings (SSSR count). The zero-order valence-electron chi connectivity index (χ0n) is 14.5. The van der Waals surface area contributed by atoms with Gasteiger partial charge >= 0.3 is 0 Å². The lowest BCUT2D eigenvalue weighted by molar-refractivity contribution is -0.122. The zero-order chi connectivity index (χ0) is 18.1. The van der Waals surface area contributed by atoms with Gasteiger partial charge in [-0.1, -0.05) is 18.2 Å². The molecule has 1 aliphatic rings. The smallest absolute Gasteiger partial charge is 0.262 e. The Morgan fingerprint density at radius 3 is 2.92 bits per heavy atom. The fourth-order valence-corrected chi connectivity index (χ4v) is 4.30. The molecule has 134 valence electrons. The Hall–Kier alpha value is -2.67. The summed E-state index contributed by atoms with van der Waals surface area (Å²) in [5.41, 5.74) is 1.84. The van der Waals surface area contributed by atoms with Gasteiger partial charge in [-0.3, -0.25) is 9.59 Å². The fourth-order valence-electron chi connectivity index (χ4n) is 3.21. The van der Waals surface area contributed by atoms with Crippen LogP contribution in [0.25, 0.3) is 15.9 Å². The Labute approximate surface area is 155 Å². The maximum Gasteiger partial charge on any atom is 0.262 e. The van der Waals surface area contributed by atoms with Gasteiger partial charge in [0.1, 0.15) is 10.9 Å². The molecule has 0 saturated carbocycles. The van der Waals surface area contributed by atoms with Crippen LogP contribution in [0.1, 0.15) is 34.6 Å². The van der Waals surface area contributed by atoms with Gasteiger partial charge in [0.2, 0.25) is 5.91 Å². The first-order valence-corrected chi connectivity index (χ1v) is 9.58. The van der Waals surface area contributed by atoms with Crippen LogP contribution in [-0.2, 0) is 4.79 Å². The van der Waals surface area contributed by atoms with Crippen molar-refractivity contribution in [3.8, 4) is 5.69 Å². The summed E-state index contributed by atoms with van der Waals surface area (Å²) in [6, 6.07) is 11.3. The second-order valence-corrected chi connectivity index (χ2v) is 7.51. The predicted molar refractivity (Wildman–Crippen MR) is 102 cm³/mol. The summed E-state index contributed by atoms with van der Waals surface area (Å²) < 4.78 is 1.87.